The van der Waals surface area contributed by atoms with Gasteiger partial charge in [-0.2, -0.15) is 0 Å². The van der Waals surface area contributed by atoms with E-state index in [1.54, 1.807) is 32.0 Å². The average molecular weight is 515 g/mol. The van der Waals surface area contributed by atoms with E-state index < -0.39 is 32.6 Å². The molecule has 0 bridgehead atoms. The highest BCUT2D eigenvalue weighted by molar-refractivity contribution is 7.91. The van der Waals surface area contributed by atoms with Crippen LogP contribution in [0.25, 0.3) is 5.57 Å². The number of sulfonamides is 1. The molecule has 0 spiro atoms. The first kappa shape index (κ1) is 26.5. The Morgan fingerprint density at radius 3 is 2.53 bits per heavy atom. The minimum atomic E-state index is -3.88. The Labute approximate surface area is 213 Å². The van der Waals surface area contributed by atoms with E-state index in [9.17, 15) is 17.9 Å². The molecule has 8 heteroatoms. The average Bonchev–Trinajstić information content (AvgIpc) is 2.82. The van der Waals surface area contributed by atoms with Gasteiger partial charge in [-0.1, -0.05) is 48.5 Å². The maximum Gasteiger partial charge on any atom is 0.263 e. The van der Waals surface area contributed by atoms with Gasteiger partial charge in [-0.15, -0.1) is 4.40 Å². The maximum absolute atomic E-state index is 14.4. The smallest absolute Gasteiger partial charge is 0.263 e. The molecule has 2 aliphatic rings. The molecule has 2 heterocycles. The van der Waals surface area contributed by atoms with Gasteiger partial charge in [-0.3, -0.25) is 0 Å². The minimum absolute atomic E-state index is 0.0579. The van der Waals surface area contributed by atoms with Crippen molar-refractivity contribution in [1.82, 2.24) is 4.90 Å². The van der Waals surface area contributed by atoms with E-state index in [-0.39, 0.29) is 31.8 Å². The van der Waals surface area contributed by atoms with Crippen molar-refractivity contribution in [3.63, 3.8) is 0 Å². The molecule has 36 heavy (non-hydrogen) atoms. The van der Waals surface area contributed by atoms with Crippen LogP contribution >= 0.6 is 0 Å². The summed E-state index contributed by atoms with van der Waals surface area (Å²) in [4.78, 5) is 2.27. The summed E-state index contributed by atoms with van der Waals surface area (Å²) >= 11 is 0. The summed E-state index contributed by atoms with van der Waals surface area (Å²) in [6.07, 6.45) is 3.88. The molecular weight excluding hydrogens is 479 g/mol. The lowest BCUT2D eigenvalue weighted by Gasteiger charge is -2.38. The zero-order valence-corrected chi connectivity index (χ0v) is 22.0. The predicted molar refractivity (Wildman–Crippen MR) is 141 cm³/mol. The fourth-order valence-corrected chi connectivity index (χ4v) is 6.72. The van der Waals surface area contributed by atoms with Crippen LogP contribution in [0.1, 0.15) is 55.7 Å². The molecule has 6 nitrogen and oxygen atoms in total. The monoisotopic (exact) mass is 514 g/mol. The van der Waals surface area contributed by atoms with Crippen molar-refractivity contribution >= 4 is 21.5 Å². The largest absolute Gasteiger partial charge is 0.473 e. The minimum Gasteiger partial charge on any atom is -0.473 e. The fourth-order valence-electron chi connectivity index (χ4n) is 5.02. The number of nitrogens with zero attached hydrogens (tertiary/aromatic N) is 2. The van der Waals surface area contributed by atoms with E-state index in [4.69, 9.17) is 4.74 Å². The summed E-state index contributed by atoms with van der Waals surface area (Å²) in [6.45, 7) is 5.31. The summed E-state index contributed by atoms with van der Waals surface area (Å²) in [5, 5.41) is 8.66. The van der Waals surface area contributed by atoms with Gasteiger partial charge in [0.2, 0.25) is 5.90 Å². The zero-order valence-electron chi connectivity index (χ0n) is 21.2. The Bertz CT molecular complexity index is 1240. The summed E-state index contributed by atoms with van der Waals surface area (Å²) in [5.41, 5.74) is 2.77. The number of aliphatic hydroxyl groups is 1. The van der Waals surface area contributed by atoms with Crippen LogP contribution in [-0.4, -0.2) is 61.9 Å². The number of hydrogen-bond acceptors (Lipinski definition) is 5. The Balaban J connectivity index is 1.52. The molecule has 0 saturated carbocycles. The van der Waals surface area contributed by atoms with Crippen molar-refractivity contribution in [1.29, 1.82) is 0 Å². The Morgan fingerprint density at radius 1 is 1.19 bits per heavy atom. The van der Waals surface area contributed by atoms with Crippen LogP contribution in [0.4, 0.5) is 4.39 Å². The second-order valence-electron chi connectivity index (χ2n) is 10.3. The molecule has 0 aliphatic carbocycles. The summed E-state index contributed by atoms with van der Waals surface area (Å²) in [7, 11) is -1.78. The number of aliphatic hydroxyl groups excluding tert-OH is 1. The second kappa shape index (κ2) is 10.8. The summed E-state index contributed by atoms with van der Waals surface area (Å²) < 4.78 is 51.1. The van der Waals surface area contributed by atoms with Crippen molar-refractivity contribution < 1.29 is 22.7 Å². The third-order valence-corrected chi connectivity index (χ3v) is 9.06. The molecule has 0 fully saturated rings. The lowest BCUT2D eigenvalue weighted by molar-refractivity contribution is 0.0797. The molecule has 1 unspecified atom stereocenters. The summed E-state index contributed by atoms with van der Waals surface area (Å²) in [5.74, 6) is -0.784. The van der Waals surface area contributed by atoms with Crippen molar-refractivity contribution in [2.45, 2.75) is 56.3 Å². The molecule has 2 aromatic rings. The first-order valence-corrected chi connectivity index (χ1v) is 13.9. The molecule has 0 radical (unpaired) electrons. The molecule has 1 N–H and O–H groups in total. The molecular formula is C28H35FN2O4S. The fraction of sp³-hybridized carbons (Fsp3) is 0.464. The number of rotatable bonds is 8. The van der Waals surface area contributed by atoms with Gasteiger partial charge < -0.3 is 14.7 Å². The molecule has 4 rings (SSSR count). The van der Waals surface area contributed by atoms with Gasteiger partial charge in [-0.05, 0) is 74.4 Å². The van der Waals surface area contributed by atoms with Gasteiger partial charge in [0.15, 0.2) is 0 Å². The van der Waals surface area contributed by atoms with E-state index in [0.29, 0.717) is 5.56 Å². The third-order valence-electron chi connectivity index (χ3n) is 7.15. The molecule has 0 amide bonds. The van der Waals surface area contributed by atoms with Crippen molar-refractivity contribution in [3.05, 3.63) is 77.1 Å². The Hall–Kier alpha value is -2.55. The van der Waals surface area contributed by atoms with Crippen molar-refractivity contribution in [2.75, 3.05) is 26.7 Å². The number of halogens is 1. The predicted octanol–water partition coefficient (Wildman–Crippen LogP) is 4.55. The first-order chi connectivity index (χ1) is 17.1. The Kier molecular flexibility index (Phi) is 7.97. The molecule has 2 atom stereocenters. The van der Waals surface area contributed by atoms with Gasteiger partial charge in [0, 0.05) is 26.1 Å². The highest BCUT2D eigenvalue weighted by Crippen LogP contribution is 2.35. The molecule has 0 aromatic heterocycles. The van der Waals surface area contributed by atoms with Crippen LogP contribution in [0, 0.1) is 5.82 Å². The van der Waals surface area contributed by atoms with E-state index in [1.807, 2.05) is 12.1 Å². The van der Waals surface area contributed by atoms with Crippen LogP contribution in [0.15, 0.2) is 59.0 Å². The Morgan fingerprint density at radius 2 is 1.92 bits per heavy atom. The van der Waals surface area contributed by atoms with E-state index in [0.717, 1.165) is 30.6 Å². The van der Waals surface area contributed by atoms with Gasteiger partial charge in [0.05, 0.1) is 0 Å². The second-order valence-corrected chi connectivity index (χ2v) is 12.1. The first-order valence-electron chi connectivity index (χ1n) is 12.4. The molecule has 2 aromatic carbocycles. The van der Waals surface area contributed by atoms with E-state index in [2.05, 4.69) is 34.6 Å². The number of ether oxygens (including phenoxy) is 1. The van der Waals surface area contributed by atoms with Crippen LogP contribution in [0.2, 0.25) is 0 Å². The molecule has 0 saturated heterocycles. The maximum atomic E-state index is 14.4. The lowest BCUT2D eigenvalue weighted by Crippen LogP contribution is -2.50. The van der Waals surface area contributed by atoms with Crippen LogP contribution in [0.5, 0.6) is 0 Å². The van der Waals surface area contributed by atoms with Crippen LogP contribution < -0.4 is 0 Å². The standard InChI is InChI=1S/C28H35FN2O4S/c1-28(2)26(18-20-8-10-21(11-9-20)22-12-15-31(3)16-13-22)36(33,34)30-27(35-28)19-23(14-17-32)24-6-4-5-7-25(24)29/h4-12,23,26,32H,13-19H2,1-3H3/t23-,26?/m1/s1. The van der Waals surface area contributed by atoms with E-state index >= 15 is 0 Å². The highest BCUT2D eigenvalue weighted by atomic mass is 32.2. The lowest BCUT2D eigenvalue weighted by atomic mass is 9.91. The summed E-state index contributed by atoms with van der Waals surface area (Å²) in [6, 6.07) is 14.4. The number of hydrogen-bond donors (Lipinski definition) is 1. The number of likely N-dealkylation sites (N-methyl/N-ethyl adjacent to an activating group) is 1. The van der Waals surface area contributed by atoms with E-state index in [1.165, 1.54) is 11.6 Å². The van der Waals surface area contributed by atoms with Gasteiger partial charge in [0.25, 0.3) is 10.0 Å². The van der Waals surface area contributed by atoms with Crippen LogP contribution in [0.3, 0.4) is 0 Å². The molecule has 2 aliphatic heterocycles. The third kappa shape index (κ3) is 6.05. The molecule has 194 valence electrons. The SMILES string of the molecule is CN1CC=C(c2ccc(CC3C(C)(C)OC(C[C@@H](CCO)c4ccccc4F)=NS3(=O)=O)cc2)CC1. The van der Waals surface area contributed by atoms with Crippen molar-refractivity contribution in [3.8, 4) is 0 Å². The van der Waals surface area contributed by atoms with Gasteiger partial charge in [-0.25, -0.2) is 12.8 Å². The van der Waals surface area contributed by atoms with Gasteiger partial charge in [0.1, 0.15) is 16.7 Å². The van der Waals surface area contributed by atoms with Crippen molar-refractivity contribution in [2.24, 2.45) is 4.40 Å². The van der Waals surface area contributed by atoms with Gasteiger partial charge >= 0.3 is 0 Å². The quantitative estimate of drug-likeness (QED) is 0.559. The zero-order chi connectivity index (χ0) is 25.9. The number of benzene rings is 2. The normalized spacial score (nSPS) is 22.3. The highest BCUT2D eigenvalue weighted by Gasteiger charge is 2.46. The van der Waals surface area contributed by atoms with Crippen LogP contribution in [-0.2, 0) is 21.2 Å². The topological polar surface area (TPSA) is 79.2 Å².